The molecule has 0 aromatic carbocycles. The summed E-state index contributed by atoms with van der Waals surface area (Å²) in [4.78, 5) is 13.9. The van der Waals surface area contributed by atoms with Crippen molar-refractivity contribution < 1.29 is 9.53 Å². The Hall–Kier alpha value is -0.650. The number of carbonyl (C=O) groups excluding carboxylic acids is 1. The van der Waals surface area contributed by atoms with Gasteiger partial charge in [0.2, 0.25) is 5.91 Å². The third-order valence-corrected chi connectivity index (χ3v) is 3.17. The molecule has 0 bridgehead atoms. The molecule has 17 heavy (non-hydrogen) atoms. The molecular formula is C12H25N3O2. The zero-order chi connectivity index (χ0) is 12.5. The average Bonchev–Trinajstić information content (AvgIpc) is 2.37. The van der Waals surface area contributed by atoms with Crippen LogP contribution in [0.2, 0.25) is 0 Å². The van der Waals surface area contributed by atoms with Crippen molar-refractivity contribution in [2.75, 3.05) is 46.4 Å². The maximum absolute atomic E-state index is 11.7. The minimum Gasteiger partial charge on any atom is -0.383 e. The van der Waals surface area contributed by atoms with Crippen LogP contribution in [0.4, 0.5) is 0 Å². The Balaban J connectivity index is 2.27. The molecule has 1 aliphatic rings. The number of carbonyl (C=O) groups is 1. The SMILES string of the molecule is CCN(CC(=O)NCCOC)C1CCCNC1. The monoisotopic (exact) mass is 243 g/mol. The molecule has 1 saturated heterocycles. The number of nitrogens with zero attached hydrogens (tertiary/aromatic N) is 1. The first-order valence-corrected chi connectivity index (χ1v) is 6.48. The summed E-state index contributed by atoms with van der Waals surface area (Å²) in [5.74, 6) is 0.0921. The third kappa shape index (κ3) is 5.48. The quantitative estimate of drug-likeness (QED) is 0.609. The molecule has 1 fully saturated rings. The maximum atomic E-state index is 11.7. The van der Waals surface area contributed by atoms with Gasteiger partial charge in [-0.2, -0.15) is 0 Å². The Bertz CT molecular complexity index is 218. The Kier molecular flexibility index (Phi) is 7.16. The fraction of sp³-hybridized carbons (Fsp3) is 0.917. The topological polar surface area (TPSA) is 53.6 Å². The van der Waals surface area contributed by atoms with E-state index < -0.39 is 0 Å². The van der Waals surface area contributed by atoms with E-state index in [0.29, 0.717) is 25.7 Å². The van der Waals surface area contributed by atoms with E-state index >= 15 is 0 Å². The highest BCUT2D eigenvalue weighted by Gasteiger charge is 2.21. The van der Waals surface area contributed by atoms with Gasteiger partial charge in [0.15, 0.2) is 0 Å². The van der Waals surface area contributed by atoms with E-state index in [-0.39, 0.29) is 5.91 Å². The van der Waals surface area contributed by atoms with Gasteiger partial charge in [-0.1, -0.05) is 6.92 Å². The van der Waals surface area contributed by atoms with Gasteiger partial charge in [-0.15, -0.1) is 0 Å². The van der Waals surface area contributed by atoms with Gasteiger partial charge in [-0.25, -0.2) is 0 Å². The number of nitrogens with one attached hydrogen (secondary N) is 2. The first kappa shape index (κ1) is 14.4. The molecule has 0 aromatic heterocycles. The second kappa shape index (κ2) is 8.44. The van der Waals surface area contributed by atoms with E-state index in [4.69, 9.17) is 4.74 Å². The summed E-state index contributed by atoms with van der Waals surface area (Å²) in [7, 11) is 1.64. The zero-order valence-corrected chi connectivity index (χ0v) is 11.0. The lowest BCUT2D eigenvalue weighted by Crippen LogP contribution is -2.49. The fourth-order valence-electron chi connectivity index (χ4n) is 2.18. The normalized spacial score (nSPS) is 20.5. The molecule has 1 atom stereocenters. The standard InChI is InChI=1S/C12H25N3O2/c1-3-15(11-5-4-6-13-9-11)10-12(16)14-7-8-17-2/h11,13H,3-10H2,1-2H3,(H,14,16). The molecule has 1 aliphatic heterocycles. The Labute approximate surface area is 104 Å². The van der Waals surface area contributed by atoms with Crippen LogP contribution in [0.5, 0.6) is 0 Å². The summed E-state index contributed by atoms with van der Waals surface area (Å²) in [6.45, 7) is 6.79. The van der Waals surface area contributed by atoms with E-state index in [1.807, 2.05) is 0 Å². The van der Waals surface area contributed by atoms with Crippen LogP contribution < -0.4 is 10.6 Å². The molecule has 0 aliphatic carbocycles. The number of likely N-dealkylation sites (N-methyl/N-ethyl adjacent to an activating group) is 1. The van der Waals surface area contributed by atoms with Crippen molar-refractivity contribution in [3.05, 3.63) is 0 Å². The van der Waals surface area contributed by atoms with Crippen LogP contribution in [-0.2, 0) is 9.53 Å². The Morgan fingerprint density at radius 3 is 3.00 bits per heavy atom. The first-order chi connectivity index (χ1) is 8.27. The van der Waals surface area contributed by atoms with Gasteiger partial charge in [0, 0.05) is 26.2 Å². The summed E-state index contributed by atoms with van der Waals surface area (Å²) >= 11 is 0. The van der Waals surface area contributed by atoms with Crippen molar-refractivity contribution in [1.82, 2.24) is 15.5 Å². The summed E-state index contributed by atoms with van der Waals surface area (Å²) in [6, 6.07) is 0.502. The summed E-state index contributed by atoms with van der Waals surface area (Å²) in [5.41, 5.74) is 0. The van der Waals surface area contributed by atoms with Gasteiger partial charge < -0.3 is 15.4 Å². The van der Waals surface area contributed by atoms with E-state index in [9.17, 15) is 4.79 Å². The minimum absolute atomic E-state index is 0.0921. The third-order valence-electron chi connectivity index (χ3n) is 3.17. The number of hydrogen-bond acceptors (Lipinski definition) is 4. The summed E-state index contributed by atoms with van der Waals surface area (Å²) in [5, 5.41) is 6.24. The highest BCUT2D eigenvalue weighted by Crippen LogP contribution is 2.09. The first-order valence-electron chi connectivity index (χ1n) is 6.48. The molecule has 1 unspecified atom stereocenters. The van der Waals surface area contributed by atoms with Crippen LogP contribution in [0, 0.1) is 0 Å². The van der Waals surface area contributed by atoms with Gasteiger partial charge in [0.1, 0.15) is 0 Å². The molecule has 1 heterocycles. The lowest BCUT2D eigenvalue weighted by Gasteiger charge is -2.33. The molecule has 100 valence electrons. The molecule has 0 aromatic rings. The Morgan fingerprint density at radius 1 is 1.59 bits per heavy atom. The lowest BCUT2D eigenvalue weighted by atomic mass is 10.1. The molecular weight excluding hydrogens is 218 g/mol. The second-order valence-electron chi connectivity index (χ2n) is 4.41. The van der Waals surface area contributed by atoms with Gasteiger partial charge in [-0.3, -0.25) is 9.69 Å². The van der Waals surface area contributed by atoms with E-state index in [1.54, 1.807) is 7.11 Å². The number of hydrogen-bond donors (Lipinski definition) is 2. The van der Waals surface area contributed by atoms with Gasteiger partial charge >= 0.3 is 0 Å². The van der Waals surface area contributed by atoms with Crippen molar-refractivity contribution in [2.45, 2.75) is 25.8 Å². The molecule has 5 heteroatoms. The highest BCUT2D eigenvalue weighted by atomic mass is 16.5. The van der Waals surface area contributed by atoms with Crippen LogP contribution in [-0.4, -0.2) is 63.3 Å². The lowest BCUT2D eigenvalue weighted by molar-refractivity contribution is -0.123. The van der Waals surface area contributed by atoms with Crippen molar-refractivity contribution in [1.29, 1.82) is 0 Å². The maximum Gasteiger partial charge on any atom is 0.234 e. The zero-order valence-electron chi connectivity index (χ0n) is 11.0. The predicted molar refractivity (Wildman–Crippen MR) is 68.0 cm³/mol. The van der Waals surface area contributed by atoms with Crippen LogP contribution in [0.3, 0.4) is 0 Å². The fourth-order valence-corrected chi connectivity index (χ4v) is 2.18. The van der Waals surface area contributed by atoms with Crippen LogP contribution >= 0.6 is 0 Å². The number of piperidine rings is 1. The van der Waals surface area contributed by atoms with E-state index in [0.717, 1.165) is 19.6 Å². The predicted octanol–water partition coefficient (Wildman–Crippen LogP) is -0.177. The van der Waals surface area contributed by atoms with Gasteiger partial charge in [0.25, 0.3) is 0 Å². The van der Waals surface area contributed by atoms with Crippen molar-refractivity contribution in [3.63, 3.8) is 0 Å². The average molecular weight is 243 g/mol. The van der Waals surface area contributed by atoms with Gasteiger partial charge in [-0.05, 0) is 25.9 Å². The number of amides is 1. The van der Waals surface area contributed by atoms with Crippen LogP contribution in [0.1, 0.15) is 19.8 Å². The van der Waals surface area contributed by atoms with Crippen molar-refractivity contribution in [2.24, 2.45) is 0 Å². The van der Waals surface area contributed by atoms with Gasteiger partial charge in [0.05, 0.1) is 13.2 Å². The smallest absolute Gasteiger partial charge is 0.234 e. The molecule has 0 spiro atoms. The van der Waals surface area contributed by atoms with Crippen molar-refractivity contribution in [3.8, 4) is 0 Å². The molecule has 0 saturated carbocycles. The Morgan fingerprint density at radius 2 is 2.41 bits per heavy atom. The molecule has 1 rings (SSSR count). The summed E-state index contributed by atoms with van der Waals surface area (Å²) < 4.78 is 4.90. The molecule has 5 nitrogen and oxygen atoms in total. The summed E-state index contributed by atoms with van der Waals surface area (Å²) in [6.07, 6.45) is 2.39. The molecule has 1 amide bonds. The molecule has 2 N–H and O–H groups in total. The van der Waals surface area contributed by atoms with E-state index in [1.165, 1.54) is 12.8 Å². The second-order valence-corrected chi connectivity index (χ2v) is 4.41. The van der Waals surface area contributed by atoms with E-state index in [2.05, 4.69) is 22.5 Å². The highest BCUT2D eigenvalue weighted by molar-refractivity contribution is 5.78. The minimum atomic E-state index is 0.0921. The largest absolute Gasteiger partial charge is 0.383 e. The number of methoxy groups -OCH3 is 1. The van der Waals surface area contributed by atoms with Crippen molar-refractivity contribution >= 4 is 5.91 Å². The number of ether oxygens (including phenoxy) is 1. The van der Waals surface area contributed by atoms with Crippen LogP contribution in [0.25, 0.3) is 0 Å². The number of rotatable bonds is 7. The van der Waals surface area contributed by atoms with Crippen LogP contribution in [0.15, 0.2) is 0 Å². The molecule has 0 radical (unpaired) electrons.